The fourth-order valence-corrected chi connectivity index (χ4v) is 5.09. The highest BCUT2D eigenvalue weighted by Crippen LogP contribution is 2.46. The Kier molecular flexibility index (Phi) is 7.02. The zero-order chi connectivity index (χ0) is 24.6. The average molecular weight is 504 g/mol. The van der Waals surface area contributed by atoms with Crippen LogP contribution >= 0.6 is 23.2 Å². The molecule has 0 spiro atoms. The zero-order valence-electron chi connectivity index (χ0n) is 19.4. The number of carbonyl (C=O) groups is 1. The highest BCUT2D eigenvalue weighted by Gasteiger charge is 2.36. The Bertz CT molecular complexity index is 1210. The summed E-state index contributed by atoms with van der Waals surface area (Å²) in [5.41, 5.74) is 8.43. The number of nitrogens with one attached hydrogen (secondary N) is 1. The monoisotopic (exact) mass is 503 g/mol. The standard InChI is InChI=1S/C24H27Cl2N5O3/c1-31(2)23(32)13-8-15(27)17(9-13)30-24-28-11-14-7-12(5-6-16(14)29-24)20-21(25)18(33-3)10-19(34-4)22(20)26/h5-7,10-11,13,15,17H,8-9,27H2,1-4H3,(H,28,29,30)/t13-,15+,17?/m1/s1. The van der Waals surface area contributed by atoms with Crippen LogP contribution in [-0.4, -0.2) is 61.2 Å². The number of benzene rings is 2. The van der Waals surface area contributed by atoms with Gasteiger partial charge in [-0.2, -0.15) is 0 Å². The van der Waals surface area contributed by atoms with Gasteiger partial charge in [-0.1, -0.05) is 29.3 Å². The fourth-order valence-electron chi connectivity index (χ4n) is 4.37. The van der Waals surface area contributed by atoms with E-state index < -0.39 is 0 Å². The molecule has 8 nitrogen and oxygen atoms in total. The van der Waals surface area contributed by atoms with Crippen molar-refractivity contribution in [2.45, 2.75) is 24.9 Å². The van der Waals surface area contributed by atoms with Crippen molar-refractivity contribution in [1.29, 1.82) is 0 Å². The Balaban J connectivity index is 1.61. The largest absolute Gasteiger partial charge is 0.495 e. The SMILES string of the molecule is COc1cc(OC)c(Cl)c(-c2ccc3nc(NC4C[C@H](C(=O)N(C)C)C[C@@H]4N)ncc3c2)c1Cl. The third kappa shape index (κ3) is 4.58. The highest BCUT2D eigenvalue weighted by molar-refractivity contribution is 6.41. The number of halogens is 2. The highest BCUT2D eigenvalue weighted by atomic mass is 35.5. The van der Waals surface area contributed by atoms with Crippen LogP contribution in [0.15, 0.2) is 30.5 Å². The van der Waals surface area contributed by atoms with Gasteiger partial charge in [-0.05, 0) is 30.5 Å². The Morgan fingerprint density at radius 3 is 2.41 bits per heavy atom. The molecule has 3 atom stereocenters. The molecule has 2 aromatic carbocycles. The first-order valence-corrected chi connectivity index (χ1v) is 11.6. The second-order valence-corrected chi connectivity index (χ2v) is 9.32. The van der Waals surface area contributed by atoms with E-state index in [9.17, 15) is 4.79 Å². The van der Waals surface area contributed by atoms with E-state index >= 15 is 0 Å². The molecule has 0 radical (unpaired) electrons. The molecule has 4 rings (SSSR count). The fraction of sp³-hybridized carbons (Fsp3) is 0.375. The van der Waals surface area contributed by atoms with E-state index in [1.165, 1.54) is 14.2 Å². The van der Waals surface area contributed by atoms with Crippen LogP contribution in [0.4, 0.5) is 5.95 Å². The van der Waals surface area contributed by atoms with Gasteiger partial charge >= 0.3 is 0 Å². The molecule has 3 aromatic rings. The number of aromatic nitrogens is 2. The lowest BCUT2D eigenvalue weighted by Gasteiger charge is -2.18. The smallest absolute Gasteiger partial charge is 0.225 e. The summed E-state index contributed by atoms with van der Waals surface area (Å²) in [6, 6.07) is 7.11. The molecule has 1 aromatic heterocycles. The quantitative estimate of drug-likeness (QED) is 0.518. The van der Waals surface area contributed by atoms with Crippen molar-refractivity contribution in [3.05, 3.63) is 40.5 Å². The molecule has 0 bridgehead atoms. The van der Waals surface area contributed by atoms with Gasteiger partial charge in [0.2, 0.25) is 11.9 Å². The summed E-state index contributed by atoms with van der Waals surface area (Å²) in [5.74, 6) is 1.40. The van der Waals surface area contributed by atoms with Crippen LogP contribution < -0.4 is 20.5 Å². The molecule has 1 amide bonds. The first kappa shape index (κ1) is 24.3. The van der Waals surface area contributed by atoms with E-state index in [2.05, 4.69) is 15.3 Å². The van der Waals surface area contributed by atoms with Crippen molar-refractivity contribution in [3.63, 3.8) is 0 Å². The van der Waals surface area contributed by atoms with E-state index in [1.54, 1.807) is 31.3 Å². The second-order valence-electron chi connectivity index (χ2n) is 8.57. The molecular weight excluding hydrogens is 477 g/mol. The Morgan fingerprint density at radius 1 is 1.12 bits per heavy atom. The Labute approximate surface area is 208 Å². The van der Waals surface area contributed by atoms with Gasteiger partial charge in [0.15, 0.2) is 0 Å². The number of nitrogens with zero attached hydrogens (tertiary/aromatic N) is 3. The third-order valence-corrected chi connectivity index (χ3v) is 6.91. The van der Waals surface area contributed by atoms with Gasteiger partial charge in [-0.25, -0.2) is 9.97 Å². The van der Waals surface area contributed by atoms with Crippen LogP contribution in [0.2, 0.25) is 10.0 Å². The first-order chi connectivity index (χ1) is 16.2. The molecule has 0 saturated heterocycles. The number of hydrogen-bond acceptors (Lipinski definition) is 7. The van der Waals surface area contributed by atoms with Gasteiger partial charge in [-0.15, -0.1) is 0 Å². The number of hydrogen-bond donors (Lipinski definition) is 2. The number of carbonyl (C=O) groups excluding carboxylic acids is 1. The molecule has 1 unspecified atom stereocenters. The summed E-state index contributed by atoms with van der Waals surface area (Å²) in [6.45, 7) is 0. The van der Waals surface area contributed by atoms with Crippen LogP contribution in [0, 0.1) is 5.92 Å². The number of nitrogens with two attached hydrogens (primary N) is 1. The Hall–Kier alpha value is -2.81. The van der Waals surface area contributed by atoms with Crippen molar-refractivity contribution >= 4 is 46.0 Å². The second kappa shape index (κ2) is 9.82. The maximum Gasteiger partial charge on any atom is 0.225 e. The number of rotatable bonds is 6. The van der Waals surface area contributed by atoms with E-state index in [-0.39, 0.29) is 23.9 Å². The third-order valence-electron chi connectivity index (χ3n) is 6.16. The Morgan fingerprint density at radius 2 is 1.79 bits per heavy atom. The van der Waals surface area contributed by atoms with E-state index in [1.807, 2.05) is 18.2 Å². The number of methoxy groups -OCH3 is 2. The van der Waals surface area contributed by atoms with E-state index in [0.717, 1.165) is 16.5 Å². The van der Waals surface area contributed by atoms with Gasteiger partial charge in [0.05, 0.1) is 29.8 Å². The lowest BCUT2D eigenvalue weighted by Crippen LogP contribution is -2.35. The lowest BCUT2D eigenvalue weighted by molar-refractivity contribution is -0.132. The molecule has 1 saturated carbocycles. The van der Waals surface area contributed by atoms with Crippen LogP contribution in [0.25, 0.3) is 22.0 Å². The molecule has 0 aliphatic heterocycles. The summed E-state index contributed by atoms with van der Waals surface area (Å²) in [5, 5.41) is 4.91. The molecule has 1 heterocycles. The summed E-state index contributed by atoms with van der Waals surface area (Å²) in [7, 11) is 6.60. The lowest BCUT2D eigenvalue weighted by atomic mass is 10.0. The van der Waals surface area contributed by atoms with Crippen molar-refractivity contribution in [3.8, 4) is 22.6 Å². The van der Waals surface area contributed by atoms with Gasteiger partial charge in [0.1, 0.15) is 11.5 Å². The minimum Gasteiger partial charge on any atom is -0.495 e. The van der Waals surface area contributed by atoms with Gasteiger partial charge < -0.3 is 25.4 Å². The first-order valence-electron chi connectivity index (χ1n) is 10.8. The van der Waals surface area contributed by atoms with Crippen LogP contribution in [-0.2, 0) is 4.79 Å². The summed E-state index contributed by atoms with van der Waals surface area (Å²) >= 11 is 13.1. The maximum atomic E-state index is 12.3. The van der Waals surface area contributed by atoms with Crippen molar-refractivity contribution in [2.24, 2.45) is 11.7 Å². The predicted molar refractivity (Wildman–Crippen MR) is 135 cm³/mol. The summed E-state index contributed by atoms with van der Waals surface area (Å²) < 4.78 is 10.8. The normalized spacial score (nSPS) is 19.8. The van der Waals surface area contributed by atoms with Gasteiger partial charge in [0, 0.05) is 55.3 Å². The number of ether oxygens (including phenoxy) is 2. The number of amides is 1. The van der Waals surface area contributed by atoms with Gasteiger partial charge in [-0.3, -0.25) is 4.79 Å². The summed E-state index contributed by atoms with van der Waals surface area (Å²) in [6.07, 6.45) is 3.01. The van der Waals surface area contributed by atoms with Crippen LogP contribution in [0.1, 0.15) is 12.8 Å². The molecule has 180 valence electrons. The minimum absolute atomic E-state index is 0.0764. The molecule has 34 heavy (non-hydrogen) atoms. The van der Waals surface area contributed by atoms with Crippen molar-refractivity contribution in [1.82, 2.24) is 14.9 Å². The zero-order valence-corrected chi connectivity index (χ0v) is 20.9. The number of anilines is 1. The molecule has 10 heteroatoms. The van der Waals surface area contributed by atoms with E-state index in [0.29, 0.717) is 45.9 Å². The van der Waals surface area contributed by atoms with Crippen LogP contribution in [0.3, 0.4) is 0 Å². The molecule has 1 aliphatic rings. The molecule has 3 N–H and O–H groups in total. The average Bonchev–Trinajstić information content (AvgIpc) is 3.18. The topological polar surface area (TPSA) is 103 Å². The van der Waals surface area contributed by atoms with Crippen LogP contribution in [0.5, 0.6) is 11.5 Å². The predicted octanol–water partition coefficient (Wildman–Crippen LogP) is 4.23. The van der Waals surface area contributed by atoms with E-state index in [4.69, 9.17) is 38.4 Å². The van der Waals surface area contributed by atoms with Crippen molar-refractivity contribution < 1.29 is 14.3 Å². The molecular formula is C24H27Cl2N5O3. The minimum atomic E-state index is -0.150. The molecule has 1 fully saturated rings. The van der Waals surface area contributed by atoms with Gasteiger partial charge in [0.25, 0.3) is 0 Å². The van der Waals surface area contributed by atoms with Crippen molar-refractivity contribution in [2.75, 3.05) is 33.6 Å². The number of fused-ring (bicyclic) bond motifs is 1. The maximum absolute atomic E-state index is 12.3. The molecule has 1 aliphatic carbocycles. The summed E-state index contributed by atoms with van der Waals surface area (Å²) in [4.78, 5) is 23.0.